The van der Waals surface area contributed by atoms with Crippen molar-refractivity contribution in [2.75, 3.05) is 0 Å². The number of carbonyl (C=O) groups is 1. The molecule has 25 heavy (non-hydrogen) atoms. The van der Waals surface area contributed by atoms with Gasteiger partial charge in [-0.05, 0) is 17.7 Å². The van der Waals surface area contributed by atoms with Gasteiger partial charge in [0.05, 0.1) is 11.0 Å². The van der Waals surface area contributed by atoms with E-state index in [0.717, 1.165) is 22.2 Å². The second-order valence-corrected chi connectivity index (χ2v) is 5.30. The lowest BCUT2D eigenvalue weighted by Crippen LogP contribution is -1.95. The van der Waals surface area contributed by atoms with Crippen LogP contribution in [0.5, 0.6) is 5.75 Å². The summed E-state index contributed by atoms with van der Waals surface area (Å²) in [5.74, 6) is 0.621. The van der Waals surface area contributed by atoms with Gasteiger partial charge in [0.2, 0.25) is 0 Å². The molecule has 7 nitrogen and oxygen atoms in total. The minimum atomic E-state index is 0.0781. The van der Waals surface area contributed by atoms with E-state index in [-0.39, 0.29) is 5.75 Å². The number of aromatic hydroxyl groups is 1. The van der Waals surface area contributed by atoms with Gasteiger partial charge in [-0.2, -0.15) is 5.10 Å². The predicted molar refractivity (Wildman–Crippen MR) is 95.8 cm³/mol. The van der Waals surface area contributed by atoms with Gasteiger partial charge in [0.1, 0.15) is 18.2 Å². The summed E-state index contributed by atoms with van der Waals surface area (Å²) in [5.41, 5.74) is 10.2. The van der Waals surface area contributed by atoms with Gasteiger partial charge >= 0.3 is 0 Å². The highest BCUT2D eigenvalue weighted by Gasteiger charge is 2.18. The van der Waals surface area contributed by atoms with Crippen molar-refractivity contribution in [1.29, 1.82) is 0 Å². The van der Waals surface area contributed by atoms with Crippen LogP contribution in [0.4, 0.5) is 0 Å². The van der Waals surface area contributed by atoms with Crippen LogP contribution in [0.2, 0.25) is 0 Å². The van der Waals surface area contributed by atoms with E-state index in [4.69, 9.17) is 10.5 Å². The summed E-state index contributed by atoms with van der Waals surface area (Å²) in [5, 5.41) is 17.6. The molecule has 5 N–H and O–H groups in total. The number of nitrogens with two attached hydrogens (primary N) is 1. The van der Waals surface area contributed by atoms with Crippen molar-refractivity contribution in [3.8, 4) is 28.5 Å². The van der Waals surface area contributed by atoms with Crippen molar-refractivity contribution in [2.24, 2.45) is 5.73 Å². The lowest BCUT2D eigenvalue weighted by molar-refractivity contribution is -0.0979. The van der Waals surface area contributed by atoms with E-state index >= 15 is 0 Å². The highest BCUT2D eigenvalue weighted by atomic mass is 16.3. The molecule has 0 aliphatic heterocycles. The molecule has 0 aliphatic rings. The summed E-state index contributed by atoms with van der Waals surface area (Å²) in [4.78, 5) is 15.7. The molecule has 0 radical (unpaired) electrons. The summed E-state index contributed by atoms with van der Waals surface area (Å²) in [6.07, 6.45) is 0. The first-order valence-electron chi connectivity index (χ1n) is 7.57. The second-order valence-electron chi connectivity index (χ2n) is 5.30. The van der Waals surface area contributed by atoms with E-state index in [0.29, 0.717) is 23.8 Å². The van der Waals surface area contributed by atoms with Crippen molar-refractivity contribution in [2.45, 2.75) is 6.54 Å². The number of imidazole rings is 1. The lowest BCUT2D eigenvalue weighted by atomic mass is 10.1. The molecule has 0 saturated carbocycles. The van der Waals surface area contributed by atoms with Gasteiger partial charge in [-0.3, -0.25) is 5.10 Å². The van der Waals surface area contributed by atoms with Gasteiger partial charge in [-0.25, -0.2) is 4.98 Å². The lowest BCUT2D eigenvalue weighted by Gasteiger charge is -1.97. The molecule has 2 aromatic carbocycles. The van der Waals surface area contributed by atoms with Gasteiger partial charge in [-0.1, -0.05) is 36.4 Å². The normalized spacial score (nSPS) is 10.4. The van der Waals surface area contributed by atoms with E-state index in [1.54, 1.807) is 0 Å². The Bertz CT molecular complexity index is 991. The number of H-pyrrole nitrogens is 2. The highest BCUT2D eigenvalue weighted by Crippen LogP contribution is 2.35. The maximum Gasteiger partial charge on any atom is 0.172 e. The number of nitrogens with zero attached hydrogens (tertiary/aromatic N) is 2. The average molecular weight is 335 g/mol. The number of aromatic amines is 2. The summed E-state index contributed by atoms with van der Waals surface area (Å²) in [6, 6.07) is 15.3. The molecule has 0 aliphatic carbocycles. The van der Waals surface area contributed by atoms with Crippen molar-refractivity contribution < 1.29 is 9.90 Å². The smallest absolute Gasteiger partial charge is 0.172 e. The van der Waals surface area contributed by atoms with Crippen LogP contribution in [0.15, 0.2) is 48.5 Å². The molecule has 0 unspecified atom stereocenters. The van der Waals surface area contributed by atoms with Crippen LogP contribution in [0, 0.1) is 0 Å². The monoisotopic (exact) mass is 335 g/mol. The summed E-state index contributed by atoms with van der Waals surface area (Å²) >= 11 is 0. The molecule has 0 amide bonds. The largest absolute Gasteiger partial charge is 0.504 e. The molecule has 0 bridgehead atoms. The summed E-state index contributed by atoms with van der Waals surface area (Å²) in [6.45, 7) is 2.47. The number of rotatable bonds is 3. The highest BCUT2D eigenvalue weighted by molar-refractivity contribution is 5.82. The van der Waals surface area contributed by atoms with Crippen LogP contribution in [0.3, 0.4) is 0 Å². The third-order valence-electron chi connectivity index (χ3n) is 3.81. The molecule has 0 atom stereocenters. The van der Waals surface area contributed by atoms with E-state index in [1.165, 1.54) is 0 Å². The van der Waals surface area contributed by atoms with Gasteiger partial charge in [0, 0.05) is 12.1 Å². The van der Waals surface area contributed by atoms with Crippen LogP contribution in [0.25, 0.3) is 33.8 Å². The van der Waals surface area contributed by atoms with E-state index in [2.05, 4.69) is 20.2 Å². The molecule has 0 spiro atoms. The number of benzene rings is 2. The molecule has 2 aromatic heterocycles. The van der Waals surface area contributed by atoms with Crippen LogP contribution in [0.1, 0.15) is 5.56 Å². The molecule has 0 fully saturated rings. The topological polar surface area (TPSA) is 121 Å². The molecule has 0 saturated heterocycles. The minimum absolute atomic E-state index is 0.0781. The molecule has 4 aromatic rings. The van der Waals surface area contributed by atoms with Crippen LogP contribution < -0.4 is 5.73 Å². The maximum atomic E-state index is 10.5. The first-order valence-corrected chi connectivity index (χ1v) is 7.57. The van der Waals surface area contributed by atoms with Crippen molar-refractivity contribution in [1.82, 2.24) is 20.2 Å². The Morgan fingerprint density at radius 1 is 1.12 bits per heavy atom. The average Bonchev–Trinajstić information content (AvgIpc) is 3.26. The molecule has 4 rings (SSSR count). The zero-order valence-corrected chi connectivity index (χ0v) is 13.4. The molecular weight excluding hydrogens is 318 g/mol. The summed E-state index contributed by atoms with van der Waals surface area (Å²) < 4.78 is 0. The zero-order chi connectivity index (χ0) is 17.8. The number of carbonyl (C=O) groups excluding carboxylic acids is 1. The standard InChI is InChI=1S/C17H15N5O.CH2O/c18-9-10-6-7-12-13(8-10)20-17(19-12)15-16(23)14(21-22-15)11-4-2-1-3-5-11;1-2/h1-8,23H,9,18H2,(H,19,20)(H,21,22);1H2. The fraction of sp³-hybridized carbons (Fsp3) is 0.0556. The third kappa shape index (κ3) is 3.00. The Kier molecular flexibility index (Phi) is 4.58. The Morgan fingerprint density at radius 2 is 1.88 bits per heavy atom. The fourth-order valence-corrected chi connectivity index (χ4v) is 2.60. The zero-order valence-electron chi connectivity index (χ0n) is 13.4. The van der Waals surface area contributed by atoms with Crippen molar-refractivity contribution in [3.63, 3.8) is 0 Å². The second kappa shape index (κ2) is 6.98. The number of hydrogen-bond donors (Lipinski definition) is 4. The predicted octanol–water partition coefficient (Wildman–Crippen LogP) is 2.60. The maximum absolute atomic E-state index is 10.5. The van der Waals surface area contributed by atoms with E-state index in [1.807, 2.05) is 55.3 Å². The molecular formula is C18H17N5O2. The molecule has 126 valence electrons. The fourth-order valence-electron chi connectivity index (χ4n) is 2.60. The van der Waals surface area contributed by atoms with E-state index < -0.39 is 0 Å². The van der Waals surface area contributed by atoms with E-state index in [9.17, 15) is 5.11 Å². The molecule has 7 heteroatoms. The van der Waals surface area contributed by atoms with Gasteiger partial charge < -0.3 is 20.6 Å². The van der Waals surface area contributed by atoms with Gasteiger partial charge in [0.15, 0.2) is 11.6 Å². The Hall–Kier alpha value is -3.45. The Labute approximate surface area is 143 Å². The number of hydrogen-bond acceptors (Lipinski definition) is 5. The number of fused-ring (bicyclic) bond motifs is 1. The van der Waals surface area contributed by atoms with Crippen molar-refractivity contribution in [3.05, 3.63) is 54.1 Å². The van der Waals surface area contributed by atoms with Crippen LogP contribution in [-0.2, 0) is 11.3 Å². The van der Waals surface area contributed by atoms with Crippen molar-refractivity contribution >= 4 is 17.8 Å². The van der Waals surface area contributed by atoms with Crippen LogP contribution >= 0.6 is 0 Å². The van der Waals surface area contributed by atoms with Gasteiger partial charge in [0.25, 0.3) is 0 Å². The summed E-state index contributed by atoms with van der Waals surface area (Å²) in [7, 11) is 0. The third-order valence-corrected chi connectivity index (χ3v) is 3.81. The van der Waals surface area contributed by atoms with Crippen LogP contribution in [-0.4, -0.2) is 32.1 Å². The number of nitrogens with one attached hydrogen (secondary N) is 2. The quantitative estimate of drug-likeness (QED) is 0.458. The SMILES string of the molecule is C=O.NCc1ccc2nc(-c3[nH]nc(-c4ccccc4)c3O)[nH]c2c1. The Morgan fingerprint density at radius 3 is 2.60 bits per heavy atom. The first-order chi connectivity index (χ1) is 12.3. The Balaban J connectivity index is 0.000000880. The minimum Gasteiger partial charge on any atom is -0.504 e. The number of aromatic nitrogens is 4. The molecule has 2 heterocycles. The van der Waals surface area contributed by atoms with Gasteiger partial charge in [-0.15, -0.1) is 0 Å². The first kappa shape index (κ1) is 16.4.